The first-order valence-corrected chi connectivity index (χ1v) is 30.8. The van der Waals surface area contributed by atoms with E-state index in [9.17, 15) is 19.0 Å². The van der Waals surface area contributed by atoms with E-state index in [0.717, 1.165) is 89.9 Å². The number of allylic oxidation sites excluding steroid dienone is 11. The quantitative estimate of drug-likeness (QED) is 0.0205. The molecule has 0 aliphatic rings. The van der Waals surface area contributed by atoms with E-state index in [1.54, 1.807) is 0 Å². The minimum atomic E-state index is -4.45. The van der Waals surface area contributed by atoms with Gasteiger partial charge in [-0.3, -0.25) is 18.6 Å². The first kappa shape index (κ1) is 68.5. The Kier molecular flexibility index (Phi) is 49.1. The summed E-state index contributed by atoms with van der Waals surface area (Å²) in [7, 11) is 1.47. The van der Waals surface area contributed by atoms with Crippen LogP contribution in [0, 0.1) is 0 Å². The molecule has 0 radical (unpaired) electrons. The summed E-state index contributed by atoms with van der Waals surface area (Å²) in [5.74, 6) is -0.541. The van der Waals surface area contributed by atoms with Crippen LogP contribution in [0.5, 0.6) is 0 Å². The topological polar surface area (TPSA) is 111 Å². The van der Waals surface area contributed by atoms with Gasteiger partial charge >= 0.3 is 13.8 Å². The van der Waals surface area contributed by atoms with E-state index in [0.29, 0.717) is 23.9 Å². The van der Waals surface area contributed by atoms with Crippen LogP contribution in [0.2, 0.25) is 0 Å². The van der Waals surface area contributed by atoms with Gasteiger partial charge in [-0.1, -0.05) is 235 Å². The van der Waals surface area contributed by atoms with Gasteiger partial charge in [-0.05, 0) is 76.7 Å². The number of nitrogens with one attached hydrogen (secondary N) is 1. The van der Waals surface area contributed by atoms with Crippen molar-refractivity contribution in [2.75, 3.05) is 40.9 Å². The zero-order chi connectivity index (χ0) is 52.2. The van der Waals surface area contributed by atoms with Gasteiger partial charge in [0.15, 0.2) is 0 Å². The Morgan fingerprint density at radius 1 is 0.507 bits per heavy atom. The number of rotatable bonds is 52. The highest BCUT2D eigenvalue weighted by Crippen LogP contribution is 2.43. The number of hydrogen-bond acceptors (Lipinski definition) is 6. The molecule has 0 saturated carbocycles. The highest BCUT2D eigenvalue weighted by molar-refractivity contribution is 7.47. The molecule has 0 heterocycles. The van der Waals surface area contributed by atoms with Gasteiger partial charge in [0, 0.05) is 12.8 Å². The Hall–Kier alpha value is -2.55. The molecular weight excluding hydrogens is 904 g/mol. The van der Waals surface area contributed by atoms with Crippen LogP contribution in [0.25, 0.3) is 0 Å². The van der Waals surface area contributed by atoms with Gasteiger partial charge in [0.1, 0.15) is 19.3 Å². The summed E-state index contributed by atoms with van der Waals surface area (Å²) in [6.07, 6.45) is 64.7. The van der Waals surface area contributed by atoms with Crippen molar-refractivity contribution < 1.29 is 37.3 Å². The van der Waals surface area contributed by atoms with Crippen LogP contribution in [-0.2, 0) is 27.9 Å². The average Bonchev–Trinajstić information content (AvgIpc) is 3.33. The molecule has 0 aromatic carbocycles. The first-order valence-electron chi connectivity index (χ1n) is 29.3. The largest absolute Gasteiger partial charge is 0.472 e. The molecule has 412 valence electrons. The number of likely N-dealkylation sites (N-methyl/N-ethyl adjacent to an activating group) is 1. The summed E-state index contributed by atoms with van der Waals surface area (Å²) in [4.78, 5) is 37.6. The number of phosphoric acid groups is 1. The van der Waals surface area contributed by atoms with Crippen molar-refractivity contribution >= 4 is 19.7 Å². The smallest absolute Gasteiger partial charge is 0.456 e. The molecule has 1 amide bonds. The van der Waals surface area contributed by atoms with Crippen LogP contribution in [0.15, 0.2) is 72.9 Å². The lowest BCUT2D eigenvalue weighted by atomic mass is 10.0. The number of phosphoric ester groups is 1. The number of quaternary nitrogens is 1. The molecule has 0 bridgehead atoms. The van der Waals surface area contributed by atoms with Crippen molar-refractivity contribution in [2.45, 2.75) is 264 Å². The Morgan fingerprint density at radius 3 is 1.37 bits per heavy atom. The lowest BCUT2D eigenvalue weighted by molar-refractivity contribution is -0.870. The molecule has 10 heteroatoms. The molecule has 0 aromatic rings. The molecule has 0 aromatic heterocycles. The number of carbonyl (C=O) groups is 2. The molecule has 3 atom stereocenters. The van der Waals surface area contributed by atoms with Crippen LogP contribution in [0.1, 0.15) is 252 Å². The zero-order valence-electron chi connectivity index (χ0n) is 47.0. The number of carbonyl (C=O) groups excluding carboxylic acids is 2. The lowest BCUT2D eigenvalue weighted by Gasteiger charge is -2.27. The van der Waals surface area contributed by atoms with Gasteiger partial charge in [0.2, 0.25) is 5.91 Å². The van der Waals surface area contributed by atoms with Crippen molar-refractivity contribution in [1.82, 2.24) is 5.32 Å². The predicted octanol–water partition coefficient (Wildman–Crippen LogP) is 17.7. The van der Waals surface area contributed by atoms with Crippen molar-refractivity contribution in [3.05, 3.63) is 72.9 Å². The number of esters is 1. The first-order chi connectivity index (χ1) is 34.4. The fourth-order valence-corrected chi connectivity index (χ4v) is 8.88. The summed E-state index contributed by atoms with van der Waals surface area (Å²) in [5, 5.41) is 3.03. The Bertz CT molecular complexity index is 1450. The van der Waals surface area contributed by atoms with Crippen molar-refractivity contribution in [2.24, 2.45) is 0 Å². The summed E-state index contributed by atoms with van der Waals surface area (Å²) >= 11 is 0. The van der Waals surface area contributed by atoms with Gasteiger partial charge in [-0.25, -0.2) is 4.57 Å². The molecule has 3 unspecified atom stereocenters. The van der Waals surface area contributed by atoms with Crippen LogP contribution in [0.4, 0.5) is 0 Å². The standard InChI is InChI=1S/C61H111N2O7P/c1-7-10-13-16-19-22-25-27-29-30-31-32-34-35-38-41-44-47-50-53-60(64)62-58(57-69-71(66,67)68-56-55-63(4,5)6)59(52-49-46-43-40-37-24-21-18-15-12-9-3)70-61(65)54-51-48-45-42-39-36-33-28-26-23-20-17-14-11-8-2/h10,13,19,22,27,29,31-32,35,38,49,52,58-59H,7-9,11-12,14-18,20-21,23-26,28,30,33-34,36-37,39-48,50-51,53-57H2,1-6H3,(H-,62,64,66,67)/p+1/b13-10-,22-19-,29-27-,32-31-,38-35-,52-49+. The monoisotopic (exact) mass is 1020 g/mol. The molecule has 71 heavy (non-hydrogen) atoms. The van der Waals surface area contributed by atoms with Gasteiger partial charge in [-0.15, -0.1) is 0 Å². The normalized spacial score (nSPS) is 14.3. The zero-order valence-corrected chi connectivity index (χ0v) is 47.8. The maximum Gasteiger partial charge on any atom is 0.472 e. The van der Waals surface area contributed by atoms with Crippen LogP contribution in [-0.4, -0.2) is 74.3 Å². The molecule has 0 saturated heterocycles. The maximum absolute atomic E-state index is 13.5. The Labute approximate surface area is 438 Å². The molecule has 0 rings (SSSR count). The van der Waals surface area contributed by atoms with Crippen LogP contribution in [0.3, 0.4) is 0 Å². The lowest BCUT2D eigenvalue weighted by Crippen LogP contribution is -2.47. The molecule has 0 fully saturated rings. The van der Waals surface area contributed by atoms with Gasteiger partial charge in [0.05, 0.1) is 33.8 Å². The molecule has 0 spiro atoms. The maximum atomic E-state index is 13.5. The van der Waals surface area contributed by atoms with Gasteiger partial charge in [0.25, 0.3) is 0 Å². The molecule has 0 aliphatic carbocycles. The van der Waals surface area contributed by atoms with E-state index in [2.05, 4.69) is 86.8 Å². The van der Waals surface area contributed by atoms with E-state index in [1.807, 2.05) is 33.3 Å². The third-order valence-corrected chi connectivity index (χ3v) is 13.6. The molecule has 0 aliphatic heterocycles. The summed E-state index contributed by atoms with van der Waals surface area (Å²) in [6, 6.07) is -0.865. The van der Waals surface area contributed by atoms with Crippen LogP contribution < -0.4 is 5.32 Å². The Morgan fingerprint density at radius 2 is 0.901 bits per heavy atom. The summed E-state index contributed by atoms with van der Waals surface area (Å²) in [5.41, 5.74) is 0. The third-order valence-electron chi connectivity index (χ3n) is 12.7. The fraction of sp³-hybridized carbons (Fsp3) is 0.770. The predicted molar refractivity (Wildman–Crippen MR) is 305 cm³/mol. The van der Waals surface area contributed by atoms with Crippen molar-refractivity contribution in [3.63, 3.8) is 0 Å². The highest BCUT2D eigenvalue weighted by Gasteiger charge is 2.30. The minimum absolute atomic E-state index is 0.0320. The summed E-state index contributed by atoms with van der Waals surface area (Å²) < 4.78 is 30.6. The fourth-order valence-electron chi connectivity index (χ4n) is 8.14. The molecule has 9 nitrogen and oxygen atoms in total. The number of hydrogen-bond donors (Lipinski definition) is 2. The van der Waals surface area contributed by atoms with E-state index < -0.39 is 20.0 Å². The summed E-state index contributed by atoms with van der Waals surface area (Å²) in [6.45, 7) is 6.87. The molecular formula is C61H112N2O7P+. The van der Waals surface area contributed by atoms with Crippen molar-refractivity contribution in [3.8, 4) is 0 Å². The number of nitrogens with zero attached hydrogens (tertiary/aromatic N) is 1. The second-order valence-corrected chi connectivity index (χ2v) is 22.2. The third kappa shape index (κ3) is 52.1. The molecule has 2 N–H and O–H groups in total. The number of amides is 1. The number of unbranched alkanes of at least 4 members (excludes halogenated alkanes) is 26. The minimum Gasteiger partial charge on any atom is -0.456 e. The van der Waals surface area contributed by atoms with Crippen LogP contribution >= 0.6 is 7.82 Å². The highest BCUT2D eigenvalue weighted by atomic mass is 31.2. The second kappa shape index (κ2) is 51.0. The SMILES string of the molecule is CC/C=C\C/C=C\C/C=C\C/C=C\C/C=C\CCCCCC(=O)NC(COP(=O)(O)OCC[N+](C)(C)C)C(/C=C/CCCCCCCCCCC)OC(=O)CCCCCCCCCCCCCCCCC. The van der Waals surface area contributed by atoms with Gasteiger partial charge < -0.3 is 19.4 Å². The van der Waals surface area contributed by atoms with E-state index in [4.69, 9.17) is 13.8 Å². The Balaban J connectivity index is 5.35. The number of ether oxygens (including phenoxy) is 1. The van der Waals surface area contributed by atoms with Crippen molar-refractivity contribution in [1.29, 1.82) is 0 Å². The van der Waals surface area contributed by atoms with E-state index in [1.165, 1.54) is 122 Å². The second-order valence-electron chi connectivity index (χ2n) is 20.8. The van der Waals surface area contributed by atoms with E-state index >= 15 is 0 Å². The van der Waals surface area contributed by atoms with Gasteiger partial charge in [-0.2, -0.15) is 0 Å². The van der Waals surface area contributed by atoms with E-state index in [-0.39, 0.29) is 31.5 Å². The average molecular weight is 1020 g/mol.